The van der Waals surface area contributed by atoms with Crippen LogP contribution in [0.5, 0.6) is 0 Å². The molecular formula is C13H15ClF3NO. The van der Waals surface area contributed by atoms with Crippen LogP contribution in [0.2, 0.25) is 0 Å². The Morgan fingerprint density at radius 1 is 1.26 bits per heavy atom. The molecule has 1 aromatic rings. The van der Waals surface area contributed by atoms with Gasteiger partial charge in [-0.2, -0.15) is 13.2 Å². The highest BCUT2D eigenvalue weighted by molar-refractivity contribution is 6.30. The summed E-state index contributed by atoms with van der Waals surface area (Å²) in [6, 6.07) is 7.76. The average molecular weight is 294 g/mol. The van der Waals surface area contributed by atoms with Crippen LogP contribution in [0.25, 0.3) is 0 Å². The van der Waals surface area contributed by atoms with Gasteiger partial charge in [-0.05, 0) is 19.4 Å². The predicted octanol–water partition coefficient (Wildman–Crippen LogP) is 3.77. The smallest absolute Gasteiger partial charge is 0.330 e. The van der Waals surface area contributed by atoms with Crippen molar-refractivity contribution in [3.05, 3.63) is 35.9 Å². The van der Waals surface area contributed by atoms with E-state index in [0.717, 1.165) is 4.90 Å². The van der Waals surface area contributed by atoms with E-state index in [9.17, 15) is 18.0 Å². The molecule has 1 unspecified atom stereocenters. The summed E-state index contributed by atoms with van der Waals surface area (Å²) in [5.41, 5.74) is 0.488. The van der Waals surface area contributed by atoms with E-state index < -0.39 is 30.0 Å². The number of hydrogen-bond acceptors (Lipinski definition) is 1. The number of alkyl halides is 4. The first kappa shape index (κ1) is 15.8. The van der Waals surface area contributed by atoms with Crippen molar-refractivity contribution < 1.29 is 18.0 Å². The zero-order valence-corrected chi connectivity index (χ0v) is 11.4. The summed E-state index contributed by atoms with van der Waals surface area (Å²) >= 11 is 5.97. The van der Waals surface area contributed by atoms with Crippen LogP contribution in [0.3, 0.4) is 0 Å². The van der Waals surface area contributed by atoms with Gasteiger partial charge in [-0.25, -0.2) is 0 Å². The first-order valence-electron chi connectivity index (χ1n) is 5.78. The molecule has 1 atom stereocenters. The first-order chi connectivity index (χ1) is 8.72. The standard InChI is InChI=1S/C13H15ClF3NO/c1-9(2)18(8-13(15,16)17)12(19)11(14)10-6-4-3-5-7-10/h3-7,9,11H,8H2,1-2H3. The molecule has 2 nitrogen and oxygen atoms in total. The first-order valence-corrected chi connectivity index (χ1v) is 6.22. The SMILES string of the molecule is CC(C)N(CC(F)(F)F)C(=O)C(Cl)c1ccccc1. The Kier molecular flexibility index (Phi) is 5.23. The molecule has 19 heavy (non-hydrogen) atoms. The van der Waals surface area contributed by atoms with Gasteiger partial charge in [0.05, 0.1) is 0 Å². The zero-order chi connectivity index (χ0) is 14.6. The minimum atomic E-state index is -4.44. The molecule has 0 aliphatic carbocycles. The normalized spacial score (nSPS) is 13.4. The third kappa shape index (κ3) is 4.74. The molecule has 1 aromatic carbocycles. The Bertz CT molecular complexity index is 420. The van der Waals surface area contributed by atoms with Gasteiger partial charge in [0.1, 0.15) is 11.9 Å². The van der Waals surface area contributed by atoms with Crippen LogP contribution >= 0.6 is 11.6 Å². The largest absolute Gasteiger partial charge is 0.406 e. The maximum Gasteiger partial charge on any atom is 0.406 e. The van der Waals surface area contributed by atoms with Gasteiger partial charge in [0.15, 0.2) is 0 Å². The van der Waals surface area contributed by atoms with Gasteiger partial charge in [-0.3, -0.25) is 4.79 Å². The van der Waals surface area contributed by atoms with Crippen LogP contribution in [-0.4, -0.2) is 29.6 Å². The molecule has 0 heterocycles. The molecule has 0 aliphatic heterocycles. The van der Waals surface area contributed by atoms with Crippen molar-refractivity contribution >= 4 is 17.5 Å². The molecule has 6 heteroatoms. The molecule has 106 valence electrons. The molecule has 0 fully saturated rings. The van der Waals surface area contributed by atoms with E-state index in [4.69, 9.17) is 11.6 Å². The predicted molar refractivity (Wildman–Crippen MR) is 67.9 cm³/mol. The second-order valence-electron chi connectivity index (χ2n) is 4.45. The van der Waals surface area contributed by atoms with E-state index in [-0.39, 0.29) is 0 Å². The van der Waals surface area contributed by atoms with Crippen LogP contribution in [0.15, 0.2) is 30.3 Å². The van der Waals surface area contributed by atoms with Crippen LogP contribution < -0.4 is 0 Å². The van der Waals surface area contributed by atoms with Crippen molar-refractivity contribution in [3.8, 4) is 0 Å². The van der Waals surface area contributed by atoms with Gasteiger partial charge in [-0.1, -0.05) is 30.3 Å². The lowest BCUT2D eigenvalue weighted by Gasteiger charge is -2.29. The van der Waals surface area contributed by atoms with Gasteiger partial charge in [-0.15, -0.1) is 11.6 Å². The molecule has 0 aliphatic rings. The molecule has 1 amide bonds. The molecule has 0 saturated heterocycles. The summed E-state index contributed by atoms with van der Waals surface area (Å²) in [5, 5.41) is -1.11. The topological polar surface area (TPSA) is 20.3 Å². The van der Waals surface area contributed by atoms with E-state index in [1.165, 1.54) is 13.8 Å². The molecule has 0 bridgehead atoms. The Morgan fingerprint density at radius 2 is 1.79 bits per heavy atom. The Balaban J connectivity index is 2.88. The lowest BCUT2D eigenvalue weighted by molar-refractivity contribution is -0.164. The molecule has 0 aromatic heterocycles. The molecule has 0 radical (unpaired) electrons. The minimum Gasteiger partial charge on any atom is -0.330 e. The molecular weight excluding hydrogens is 279 g/mol. The molecule has 0 N–H and O–H groups in total. The zero-order valence-electron chi connectivity index (χ0n) is 10.6. The summed E-state index contributed by atoms with van der Waals surface area (Å²) < 4.78 is 37.4. The number of nitrogens with zero attached hydrogens (tertiary/aromatic N) is 1. The summed E-state index contributed by atoms with van der Waals surface area (Å²) in [6.07, 6.45) is -4.44. The van der Waals surface area contributed by atoms with Crippen LogP contribution in [-0.2, 0) is 4.79 Å². The lowest BCUT2D eigenvalue weighted by atomic mass is 10.1. The third-order valence-corrected chi connectivity index (χ3v) is 3.00. The van der Waals surface area contributed by atoms with Crippen LogP contribution in [0.1, 0.15) is 24.8 Å². The lowest BCUT2D eigenvalue weighted by Crippen LogP contribution is -2.44. The van der Waals surface area contributed by atoms with Gasteiger partial charge >= 0.3 is 6.18 Å². The fraction of sp³-hybridized carbons (Fsp3) is 0.462. The number of rotatable bonds is 4. The van der Waals surface area contributed by atoms with Crippen molar-refractivity contribution in [2.45, 2.75) is 31.4 Å². The highest BCUT2D eigenvalue weighted by Crippen LogP contribution is 2.26. The second kappa shape index (κ2) is 6.28. The Morgan fingerprint density at radius 3 is 2.21 bits per heavy atom. The summed E-state index contributed by atoms with van der Waals surface area (Å²) in [7, 11) is 0. The second-order valence-corrected chi connectivity index (χ2v) is 4.88. The van der Waals surface area contributed by atoms with Gasteiger partial charge in [0.2, 0.25) is 5.91 Å². The minimum absolute atomic E-state index is 0.488. The van der Waals surface area contributed by atoms with Crippen molar-refractivity contribution in [1.29, 1.82) is 0 Å². The molecule has 1 rings (SSSR count). The van der Waals surface area contributed by atoms with Crippen molar-refractivity contribution in [2.75, 3.05) is 6.54 Å². The van der Waals surface area contributed by atoms with Crippen molar-refractivity contribution in [2.24, 2.45) is 0 Å². The van der Waals surface area contributed by atoms with Gasteiger partial charge in [0, 0.05) is 6.04 Å². The number of benzene rings is 1. The number of amides is 1. The van der Waals surface area contributed by atoms with E-state index >= 15 is 0 Å². The number of carbonyl (C=O) groups is 1. The number of hydrogen-bond donors (Lipinski definition) is 0. The fourth-order valence-electron chi connectivity index (χ4n) is 1.62. The highest BCUT2D eigenvalue weighted by Gasteiger charge is 2.36. The molecule has 0 saturated carbocycles. The maximum atomic E-state index is 12.5. The van der Waals surface area contributed by atoms with Crippen LogP contribution in [0.4, 0.5) is 13.2 Å². The van der Waals surface area contributed by atoms with Crippen molar-refractivity contribution in [3.63, 3.8) is 0 Å². The van der Waals surface area contributed by atoms with Gasteiger partial charge < -0.3 is 4.90 Å². The number of carbonyl (C=O) groups excluding carboxylic acids is 1. The monoisotopic (exact) mass is 293 g/mol. The summed E-state index contributed by atoms with van der Waals surface area (Å²) in [5.74, 6) is -0.736. The van der Waals surface area contributed by atoms with E-state index in [1.54, 1.807) is 30.3 Å². The quantitative estimate of drug-likeness (QED) is 0.774. The molecule has 0 spiro atoms. The Labute approximate surface area is 115 Å². The summed E-state index contributed by atoms with van der Waals surface area (Å²) in [4.78, 5) is 12.8. The maximum absolute atomic E-state index is 12.5. The van der Waals surface area contributed by atoms with E-state index in [0.29, 0.717) is 5.56 Å². The third-order valence-electron chi connectivity index (χ3n) is 2.57. The van der Waals surface area contributed by atoms with Gasteiger partial charge in [0.25, 0.3) is 0 Å². The van der Waals surface area contributed by atoms with Crippen molar-refractivity contribution in [1.82, 2.24) is 4.90 Å². The number of halogens is 4. The Hall–Kier alpha value is -1.23. The van der Waals surface area contributed by atoms with E-state index in [1.807, 2.05) is 0 Å². The van der Waals surface area contributed by atoms with E-state index in [2.05, 4.69) is 0 Å². The summed E-state index contributed by atoms with van der Waals surface area (Å²) in [6.45, 7) is 1.76. The average Bonchev–Trinajstić information content (AvgIpc) is 2.34. The van der Waals surface area contributed by atoms with Crippen LogP contribution in [0, 0.1) is 0 Å². The fourth-order valence-corrected chi connectivity index (χ4v) is 1.89. The highest BCUT2D eigenvalue weighted by atomic mass is 35.5.